The quantitative estimate of drug-likeness (QED) is 0.272. The molecule has 3 aromatic heterocycles. The summed E-state index contributed by atoms with van der Waals surface area (Å²) < 4.78 is 3.46. The summed E-state index contributed by atoms with van der Waals surface area (Å²) in [5.41, 5.74) is 6.29. The van der Waals surface area contributed by atoms with Crippen molar-refractivity contribution in [1.29, 1.82) is 0 Å². The molecule has 35 heavy (non-hydrogen) atoms. The number of para-hydroxylation sites is 2. The van der Waals surface area contributed by atoms with Gasteiger partial charge < -0.3 is 0 Å². The molecule has 0 amide bonds. The molecular formula is C27H19Cl2N5O. The smallest absolute Gasteiger partial charge is 0.269 e. The van der Waals surface area contributed by atoms with Gasteiger partial charge in [0.1, 0.15) is 16.7 Å². The molecule has 6 aromatic rings. The zero-order chi connectivity index (χ0) is 24.4. The van der Waals surface area contributed by atoms with Gasteiger partial charge in [0.15, 0.2) is 11.3 Å². The van der Waals surface area contributed by atoms with Crippen LogP contribution in [-0.4, -0.2) is 24.1 Å². The van der Waals surface area contributed by atoms with Crippen molar-refractivity contribution in [3.63, 3.8) is 0 Å². The standard InChI is InChI=1S/C27H19Cl2N5O/c1-14-10-15(2)12-18(11-14)33-16(3)30-25-23(27(33)35)24-26(32-22-7-5-4-6-21(22)31-24)34(25)17-8-9-19(28)20(29)13-17/h4-13H,1-3H3. The first-order chi connectivity index (χ1) is 16.8. The second kappa shape index (κ2) is 7.90. The van der Waals surface area contributed by atoms with Crippen LogP contribution in [0.3, 0.4) is 0 Å². The van der Waals surface area contributed by atoms with Crippen LogP contribution in [0.4, 0.5) is 0 Å². The van der Waals surface area contributed by atoms with E-state index in [2.05, 4.69) is 6.07 Å². The molecule has 0 aliphatic rings. The Kier molecular flexibility index (Phi) is 4.91. The largest absolute Gasteiger partial charge is 0.276 e. The second-order valence-corrected chi connectivity index (χ2v) is 9.48. The van der Waals surface area contributed by atoms with Crippen LogP contribution in [0.15, 0.2) is 65.5 Å². The fraction of sp³-hybridized carbons (Fsp3) is 0.111. The van der Waals surface area contributed by atoms with Gasteiger partial charge in [0.25, 0.3) is 5.56 Å². The van der Waals surface area contributed by atoms with Crippen LogP contribution in [0.1, 0.15) is 17.0 Å². The summed E-state index contributed by atoms with van der Waals surface area (Å²) >= 11 is 12.5. The predicted octanol–water partition coefficient (Wildman–Crippen LogP) is 6.50. The molecule has 0 N–H and O–H groups in total. The lowest BCUT2D eigenvalue weighted by molar-refractivity contribution is 0.884. The average Bonchev–Trinajstić information content (AvgIpc) is 3.11. The van der Waals surface area contributed by atoms with Crippen LogP contribution in [0.5, 0.6) is 0 Å². The minimum Gasteiger partial charge on any atom is -0.276 e. The Labute approximate surface area is 210 Å². The summed E-state index contributed by atoms with van der Waals surface area (Å²) in [6.07, 6.45) is 0. The second-order valence-electron chi connectivity index (χ2n) is 8.66. The third kappa shape index (κ3) is 3.40. The first-order valence-electron chi connectivity index (χ1n) is 11.1. The Hall–Kier alpha value is -3.74. The van der Waals surface area contributed by atoms with Gasteiger partial charge >= 0.3 is 0 Å². The van der Waals surface area contributed by atoms with Crippen LogP contribution >= 0.6 is 23.2 Å². The lowest BCUT2D eigenvalue weighted by Crippen LogP contribution is -2.22. The zero-order valence-corrected chi connectivity index (χ0v) is 20.7. The molecule has 0 fully saturated rings. The molecule has 3 heterocycles. The molecule has 0 unspecified atom stereocenters. The summed E-state index contributed by atoms with van der Waals surface area (Å²) in [6.45, 7) is 5.85. The monoisotopic (exact) mass is 499 g/mol. The first kappa shape index (κ1) is 21.8. The molecule has 3 aromatic carbocycles. The van der Waals surface area contributed by atoms with E-state index in [4.69, 9.17) is 38.2 Å². The summed E-state index contributed by atoms with van der Waals surface area (Å²) in [5, 5.41) is 1.23. The lowest BCUT2D eigenvalue weighted by Gasteiger charge is -2.12. The number of rotatable bonds is 2. The molecule has 6 nitrogen and oxygen atoms in total. The number of halogens is 2. The van der Waals surface area contributed by atoms with Gasteiger partial charge in [-0.05, 0) is 74.4 Å². The average molecular weight is 500 g/mol. The van der Waals surface area contributed by atoms with Crippen LogP contribution in [0.25, 0.3) is 44.6 Å². The van der Waals surface area contributed by atoms with Gasteiger partial charge in [-0.1, -0.05) is 41.4 Å². The molecule has 0 aliphatic carbocycles. The fourth-order valence-electron chi connectivity index (χ4n) is 4.65. The number of benzene rings is 3. The molecule has 172 valence electrons. The Bertz CT molecular complexity index is 1870. The van der Waals surface area contributed by atoms with E-state index in [1.54, 1.807) is 16.7 Å². The van der Waals surface area contributed by atoms with Gasteiger partial charge in [-0.2, -0.15) is 0 Å². The van der Waals surface area contributed by atoms with E-state index in [1.807, 2.05) is 67.8 Å². The summed E-state index contributed by atoms with van der Waals surface area (Å²) in [4.78, 5) is 28.7. The third-order valence-electron chi connectivity index (χ3n) is 6.07. The highest BCUT2D eigenvalue weighted by Crippen LogP contribution is 2.32. The van der Waals surface area contributed by atoms with Gasteiger partial charge in [-0.15, -0.1) is 0 Å². The number of aryl methyl sites for hydroxylation is 3. The Morgan fingerprint density at radius 2 is 1.37 bits per heavy atom. The molecule has 0 saturated heterocycles. The lowest BCUT2D eigenvalue weighted by atomic mass is 10.1. The maximum Gasteiger partial charge on any atom is 0.269 e. The molecule has 0 spiro atoms. The van der Waals surface area contributed by atoms with Crippen molar-refractivity contribution in [2.75, 3.05) is 0 Å². The van der Waals surface area contributed by atoms with Crippen LogP contribution < -0.4 is 5.56 Å². The highest BCUT2D eigenvalue weighted by molar-refractivity contribution is 6.42. The number of nitrogens with zero attached hydrogens (tertiary/aromatic N) is 5. The van der Waals surface area contributed by atoms with Crippen molar-refractivity contribution in [1.82, 2.24) is 24.1 Å². The molecular weight excluding hydrogens is 481 g/mol. The van der Waals surface area contributed by atoms with Gasteiger partial charge in [0.05, 0.1) is 32.5 Å². The van der Waals surface area contributed by atoms with Crippen molar-refractivity contribution in [3.05, 3.63) is 98.0 Å². The van der Waals surface area contributed by atoms with Crippen LogP contribution in [0, 0.1) is 20.8 Å². The Morgan fingerprint density at radius 3 is 2.06 bits per heavy atom. The van der Waals surface area contributed by atoms with Gasteiger partial charge in [0.2, 0.25) is 0 Å². The molecule has 8 heteroatoms. The van der Waals surface area contributed by atoms with Crippen molar-refractivity contribution in [2.45, 2.75) is 20.8 Å². The maximum atomic E-state index is 14.1. The zero-order valence-electron chi connectivity index (χ0n) is 19.2. The van der Waals surface area contributed by atoms with E-state index in [0.29, 0.717) is 49.3 Å². The molecule has 6 rings (SSSR count). The SMILES string of the molecule is Cc1cc(C)cc(-n2c(C)nc3c(c2=O)c2nc4ccccc4nc2n3-c2ccc(Cl)c(Cl)c2)c1. The minimum atomic E-state index is -0.203. The van der Waals surface area contributed by atoms with E-state index in [1.165, 1.54) is 0 Å². The van der Waals surface area contributed by atoms with Crippen LogP contribution in [-0.2, 0) is 0 Å². The molecule has 0 saturated carbocycles. The Balaban J connectivity index is 1.81. The summed E-state index contributed by atoms with van der Waals surface area (Å²) in [5.74, 6) is 0.557. The summed E-state index contributed by atoms with van der Waals surface area (Å²) in [7, 11) is 0. The minimum absolute atomic E-state index is 0.203. The maximum absolute atomic E-state index is 14.1. The Morgan fingerprint density at radius 1 is 0.686 bits per heavy atom. The van der Waals surface area contributed by atoms with Crippen molar-refractivity contribution in [2.24, 2.45) is 0 Å². The normalized spacial score (nSPS) is 11.7. The van der Waals surface area contributed by atoms with Gasteiger partial charge in [-0.25, -0.2) is 15.0 Å². The van der Waals surface area contributed by atoms with Crippen LogP contribution in [0.2, 0.25) is 10.0 Å². The van der Waals surface area contributed by atoms with E-state index in [-0.39, 0.29) is 5.56 Å². The fourth-order valence-corrected chi connectivity index (χ4v) is 4.94. The van der Waals surface area contributed by atoms with Crippen molar-refractivity contribution < 1.29 is 0 Å². The summed E-state index contributed by atoms with van der Waals surface area (Å²) in [6, 6.07) is 18.9. The number of hydrogen-bond donors (Lipinski definition) is 0. The molecule has 0 aliphatic heterocycles. The van der Waals surface area contributed by atoms with Gasteiger partial charge in [-0.3, -0.25) is 13.9 Å². The highest BCUT2D eigenvalue weighted by Gasteiger charge is 2.23. The molecule has 0 atom stereocenters. The predicted molar refractivity (Wildman–Crippen MR) is 141 cm³/mol. The number of hydrogen-bond acceptors (Lipinski definition) is 4. The highest BCUT2D eigenvalue weighted by atomic mass is 35.5. The number of aromatic nitrogens is 5. The van der Waals surface area contributed by atoms with E-state index in [0.717, 1.165) is 22.3 Å². The topological polar surface area (TPSA) is 65.6 Å². The van der Waals surface area contributed by atoms with Crippen molar-refractivity contribution >= 4 is 56.4 Å². The van der Waals surface area contributed by atoms with E-state index < -0.39 is 0 Å². The number of fused-ring (bicyclic) bond motifs is 4. The molecule has 0 radical (unpaired) electrons. The van der Waals surface area contributed by atoms with Crippen molar-refractivity contribution in [3.8, 4) is 11.4 Å². The third-order valence-corrected chi connectivity index (χ3v) is 6.81. The van der Waals surface area contributed by atoms with Gasteiger partial charge in [0, 0.05) is 0 Å². The first-order valence-corrected chi connectivity index (χ1v) is 11.8. The van der Waals surface area contributed by atoms with E-state index in [9.17, 15) is 4.79 Å². The van der Waals surface area contributed by atoms with E-state index >= 15 is 0 Å². The molecule has 0 bridgehead atoms.